The summed E-state index contributed by atoms with van der Waals surface area (Å²) < 4.78 is 40.7. The molecule has 112 valence electrons. The van der Waals surface area contributed by atoms with Gasteiger partial charge in [-0.2, -0.15) is 0 Å². The third-order valence-corrected chi connectivity index (χ3v) is 4.27. The van der Waals surface area contributed by atoms with Crippen molar-refractivity contribution in [1.82, 2.24) is 4.90 Å². The van der Waals surface area contributed by atoms with Gasteiger partial charge in [0.05, 0.1) is 5.69 Å². The van der Waals surface area contributed by atoms with Crippen molar-refractivity contribution in [2.24, 2.45) is 0 Å². The molecule has 1 N–H and O–H groups in total. The highest BCUT2D eigenvalue weighted by atomic mass is 32.2. The number of halogens is 1. The molecule has 0 amide bonds. The molecule has 0 aliphatic carbocycles. The molecule has 0 saturated carbocycles. The van der Waals surface area contributed by atoms with Crippen LogP contribution in [-0.4, -0.2) is 27.4 Å². The standard InChI is InChI=1S/C15H17FN2O2S/c1-18(2)11-12-7-3-5-9-14(12)17-21(19,20)15-10-6-4-8-13(15)16/h3-10,17H,11H2,1-2H3. The van der Waals surface area contributed by atoms with Crippen LogP contribution in [0.25, 0.3) is 0 Å². The van der Waals surface area contributed by atoms with Gasteiger partial charge in [-0.1, -0.05) is 30.3 Å². The van der Waals surface area contributed by atoms with E-state index >= 15 is 0 Å². The van der Waals surface area contributed by atoms with Crippen molar-refractivity contribution in [3.05, 3.63) is 59.9 Å². The summed E-state index contributed by atoms with van der Waals surface area (Å²) >= 11 is 0. The summed E-state index contributed by atoms with van der Waals surface area (Å²) in [7, 11) is -0.164. The molecule has 0 fully saturated rings. The van der Waals surface area contributed by atoms with Crippen molar-refractivity contribution in [1.29, 1.82) is 0 Å². The first-order chi connectivity index (χ1) is 9.90. The minimum atomic E-state index is -3.95. The Hall–Kier alpha value is -1.92. The van der Waals surface area contributed by atoms with E-state index in [1.165, 1.54) is 18.2 Å². The van der Waals surface area contributed by atoms with Gasteiger partial charge in [-0.3, -0.25) is 4.72 Å². The molecule has 21 heavy (non-hydrogen) atoms. The number of sulfonamides is 1. The summed E-state index contributed by atoms with van der Waals surface area (Å²) in [4.78, 5) is 1.57. The molecule has 0 heterocycles. The van der Waals surface area contributed by atoms with E-state index in [9.17, 15) is 12.8 Å². The number of hydrogen-bond acceptors (Lipinski definition) is 3. The quantitative estimate of drug-likeness (QED) is 0.924. The van der Waals surface area contributed by atoms with E-state index in [-0.39, 0.29) is 4.90 Å². The topological polar surface area (TPSA) is 49.4 Å². The molecule has 0 aliphatic heterocycles. The van der Waals surface area contributed by atoms with Crippen molar-refractivity contribution in [3.8, 4) is 0 Å². The summed E-state index contributed by atoms with van der Waals surface area (Å²) in [6.07, 6.45) is 0. The van der Waals surface area contributed by atoms with Crippen molar-refractivity contribution in [2.45, 2.75) is 11.4 Å². The largest absolute Gasteiger partial charge is 0.305 e. The second-order valence-electron chi connectivity index (χ2n) is 4.93. The lowest BCUT2D eigenvalue weighted by Gasteiger charge is -2.16. The molecule has 0 radical (unpaired) electrons. The van der Waals surface area contributed by atoms with E-state index in [0.717, 1.165) is 11.6 Å². The Balaban J connectivity index is 2.36. The van der Waals surface area contributed by atoms with E-state index in [1.54, 1.807) is 12.1 Å². The van der Waals surface area contributed by atoms with Crippen LogP contribution in [0.3, 0.4) is 0 Å². The van der Waals surface area contributed by atoms with Gasteiger partial charge in [-0.05, 0) is 37.9 Å². The lowest BCUT2D eigenvalue weighted by atomic mass is 10.2. The number of nitrogens with one attached hydrogen (secondary N) is 1. The number of hydrogen-bond donors (Lipinski definition) is 1. The molecular formula is C15H17FN2O2S. The van der Waals surface area contributed by atoms with Crippen LogP contribution in [0, 0.1) is 5.82 Å². The average Bonchev–Trinajstić information content (AvgIpc) is 2.40. The lowest BCUT2D eigenvalue weighted by Crippen LogP contribution is -2.18. The zero-order valence-electron chi connectivity index (χ0n) is 11.9. The second kappa shape index (κ2) is 6.24. The Morgan fingerprint density at radius 1 is 1.05 bits per heavy atom. The zero-order chi connectivity index (χ0) is 15.5. The fourth-order valence-corrected chi connectivity index (χ4v) is 3.14. The number of para-hydroxylation sites is 1. The number of anilines is 1. The number of nitrogens with zero attached hydrogens (tertiary/aromatic N) is 1. The SMILES string of the molecule is CN(C)Cc1ccccc1NS(=O)(=O)c1ccccc1F. The van der Waals surface area contributed by atoms with Gasteiger partial charge in [0.2, 0.25) is 0 Å². The third-order valence-electron chi connectivity index (χ3n) is 2.87. The zero-order valence-corrected chi connectivity index (χ0v) is 12.7. The smallest absolute Gasteiger partial charge is 0.264 e. The first-order valence-electron chi connectivity index (χ1n) is 6.40. The highest BCUT2D eigenvalue weighted by Gasteiger charge is 2.19. The van der Waals surface area contributed by atoms with E-state index < -0.39 is 15.8 Å². The Morgan fingerprint density at radius 2 is 1.67 bits per heavy atom. The van der Waals surface area contributed by atoms with Gasteiger partial charge >= 0.3 is 0 Å². The van der Waals surface area contributed by atoms with Crippen LogP contribution >= 0.6 is 0 Å². The third kappa shape index (κ3) is 3.80. The van der Waals surface area contributed by atoms with E-state index in [1.807, 2.05) is 31.1 Å². The maximum Gasteiger partial charge on any atom is 0.264 e. The Morgan fingerprint density at radius 3 is 2.33 bits per heavy atom. The molecule has 2 rings (SSSR count). The molecule has 4 nitrogen and oxygen atoms in total. The molecule has 6 heteroatoms. The number of rotatable bonds is 5. The highest BCUT2D eigenvalue weighted by molar-refractivity contribution is 7.92. The fourth-order valence-electron chi connectivity index (χ4n) is 1.96. The minimum Gasteiger partial charge on any atom is -0.305 e. The van der Waals surface area contributed by atoms with Gasteiger partial charge in [-0.15, -0.1) is 0 Å². The summed E-state index contributed by atoms with van der Waals surface area (Å²) in [6.45, 7) is 0.579. The second-order valence-corrected chi connectivity index (χ2v) is 6.58. The summed E-state index contributed by atoms with van der Waals surface area (Å²) in [6, 6.07) is 12.4. The van der Waals surface area contributed by atoms with Gasteiger partial charge in [-0.25, -0.2) is 12.8 Å². The van der Waals surface area contributed by atoms with Crippen LogP contribution in [0.15, 0.2) is 53.4 Å². The van der Waals surface area contributed by atoms with Gasteiger partial charge in [0.15, 0.2) is 0 Å². The first-order valence-corrected chi connectivity index (χ1v) is 7.88. The van der Waals surface area contributed by atoms with Crippen LogP contribution in [-0.2, 0) is 16.6 Å². The minimum absolute atomic E-state index is 0.357. The van der Waals surface area contributed by atoms with E-state index in [0.29, 0.717) is 12.2 Å². The lowest BCUT2D eigenvalue weighted by molar-refractivity contribution is 0.403. The molecule has 0 bridgehead atoms. The first kappa shape index (κ1) is 15.5. The van der Waals surface area contributed by atoms with Crippen LogP contribution in [0.5, 0.6) is 0 Å². The highest BCUT2D eigenvalue weighted by Crippen LogP contribution is 2.22. The van der Waals surface area contributed by atoms with Gasteiger partial charge < -0.3 is 4.90 Å². The van der Waals surface area contributed by atoms with Crippen LogP contribution in [0.1, 0.15) is 5.56 Å². The molecule has 0 aliphatic rings. The fraction of sp³-hybridized carbons (Fsp3) is 0.200. The molecule has 0 saturated heterocycles. The maximum absolute atomic E-state index is 13.7. The van der Waals surface area contributed by atoms with Crippen LogP contribution in [0.4, 0.5) is 10.1 Å². The molecule has 0 atom stereocenters. The molecular weight excluding hydrogens is 291 g/mol. The predicted molar refractivity (Wildman–Crippen MR) is 81.0 cm³/mol. The van der Waals surface area contributed by atoms with Crippen LogP contribution in [0.2, 0.25) is 0 Å². The summed E-state index contributed by atoms with van der Waals surface area (Å²) in [5.41, 5.74) is 1.27. The maximum atomic E-state index is 13.7. The average molecular weight is 308 g/mol. The molecule has 2 aromatic carbocycles. The van der Waals surface area contributed by atoms with Gasteiger partial charge in [0.25, 0.3) is 10.0 Å². The number of benzene rings is 2. The van der Waals surface area contributed by atoms with Crippen molar-refractivity contribution in [2.75, 3.05) is 18.8 Å². The van der Waals surface area contributed by atoms with Gasteiger partial charge in [0, 0.05) is 6.54 Å². The van der Waals surface area contributed by atoms with Crippen molar-refractivity contribution < 1.29 is 12.8 Å². The molecule has 2 aromatic rings. The van der Waals surface area contributed by atoms with E-state index in [2.05, 4.69) is 4.72 Å². The molecule has 0 unspecified atom stereocenters. The summed E-state index contributed by atoms with van der Waals surface area (Å²) in [5.74, 6) is -0.768. The Labute approximate surface area is 124 Å². The predicted octanol–water partition coefficient (Wildman–Crippen LogP) is 2.69. The monoisotopic (exact) mass is 308 g/mol. The summed E-state index contributed by atoms with van der Waals surface area (Å²) in [5, 5.41) is 0. The normalized spacial score (nSPS) is 11.6. The Bertz CT molecular complexity index is 730. The van der Waals surface area contributed by atoms with Crippen molar-refractivity contribution >= 4 is 15.7 Å². The molecule has 0 spiro atoms. The van der Waals surface area contributed by atoms with E-state index in [4.69, 9.17) is 0 Å². The molecule has 0 aromatic heterocycles. The van der Waals surface area contributed by atoms with Crippen molar-refractivity contribution in [3.63, 3.8) is 0 Å². The van der Waals surface area contributed by atoms with Crippen LogP contribution < -0.4 is 4.72 Å². The van der Waals surface area contributed by atoms with Gasteiger partial charge in [0.1, 0.15) is 10.7 Å². The Kier molecular flexibility index (Phi) is 4.59.